The zero-order chi connectivity index (χ0) is 15.1. The van der Waals surface area contributed by atoms with E-state index in [0.29, 0.717) is 10.8 Å². The lowest BCUT2D eigenvalue weighted by Crippen LogP contribution is -2.35. The van der Waals surface area contributed by atoms with E-state index in [4.69, 9.17) is 16.7 Å². The molecule has 0 saturated carbocycles. The monoisotopic (exact) mass is 314 g/mol. The summed E-state index contributed by atoms with van der Waals surface area (Å²) in [6, 6.07) is 6.81. The normalized spacial score (nSPS) is 12.3. The Kier molecular flexibility index (Phi) is 6.54. The third-order valence-electron chi connectivity index (χ3n) is 2.45. The summed E-state index contributed by atoms with van der Waals surface area (Å²) in [5.41, 5.74) is 0.719. The van der Waals surface area contributed by atoms with E-state index in [9.17, 15) is 9.59 Å². The summed E-state index contributed by atoms with van der Waals surface area (Å²) < 4.78 is 0. The largest absolute Gasteiger partial charge is 0.480 e. The van der Waals surface area contributed by atoms with Crippen molar-refractivity contribution in [2.45, 2.75) is 6.92 Å². The van der Waals surface area contributed by atoms with E-state index in [1.54, 1.807) is 31.2 Å². The Labute approximate surface area is 127 Å². The van der Waals surface area contributed by atoms with Gasteiger partial charge in [-0.3, -0.25) is 9.59 Å². The Hall–Kier alpha value is -1.53. The summed E-state index contributed by atoms with van der Waals surface area (Å²) >= 11 is 9.79. The molecule has 0 bridgehead atoms. The fourth-order valence-corrected chi connectivity index (χ4v) is 1.60. The second kappa shape index (κ2) is 7.91. The molecule has 1 N–H and O–H groups in total. The van der Waals surface area contributed by atoms with Crippen molar-refractivity contribution in [1.29, 1.82) is 0 Å². The number of thiol groups is 1. The molecular formula is C13H15ClN2O3S. The highest BCUT2D eigenvalue weighted by Crippen LogP contribution is 2.09. The maximum Gasteiger partial charge on any atom is 0.325 e. The summed E-state index contributed by atoms with van der Waals surface area (Å²) in [7, 11) is 0. The average Bonchev–Trinajstić information content (AvgIpc) is 2.43. The van der Waals surface area contributed by atoms with Gasteiger partial charge in [-0.15, -0.1) is 0 Å². The van der Waals surface area contributed by atoms with Crippen LogP contribution in [0.2, 0.25) is 5.02 Å². The molecule has 0 aliphatic heterocycles. The van der Waals surface area contributed by atoms with E-state index < -0.39 is 18.4 Å². The Balaban J connectivity index is 2.86. The van der Waals surface area contributed by atoms with Gasteiger partial charge in [0.05, 0.1) is 6.21 Å². The van der Waals surface area contributed by atoms with Crippen LogP contribution in [-0.2, 0) is 9.59 Å². The molecule has 0 radical (unpaired) electrons. The number of benzene rings is 1. The predicted octanol–water partition coefficient (Wildman–Crippen LogP) is 2.15. The standard InChI is InChI=1S/C13H15ClN2O3S/c1-9(8-20)13(19)16(7-12(17)18)15-6-10-2-4-11(14)5-3-10/h2-6,9,20H,7-8H2,1H3,(H,17,18)/b15-6+/t9-/m1/s1. The number of hydrogen-bond donors (Lipinski definition) is 2. The molecule has 0 heterocycles. The number of hydrazone groups is 1. The minimum Gasteiger partial charge on any atom is -0.480 e. The van der Waals surface area contributed by atoms with Gasteiger partial charge in [-0.05, 0) is 17.7 Å². The molecule has 1 amide bonds. The molecule has 20 heavy (non-hydrogen) atoms. The fourth-order valence-electron chi connectivity index (χ4n) is 1.32. The van der Waals surface area contributed by atoms with E-state index in [1.807, 2.05) is 0 Å². The number of hydrogen-bond acceptors (Lipinski definition) is 4. The molecule has 0 saturated heterocycles. The van der Waals surface area contributed by atoms with Crippen molar-refractivity contribution in [3.05, 3.63) is 34.9 Å². The van der Waals surface area contributed by atoms with Crippen LogP contribution < -0.4 is 0 Å². The molecule has 0 aromatic heterocycles. The molecular weight excluding hydrogens is 300 g/mol. The van der Waals surface area contributed by atoms with E-state index in [1.165, 1.54) is 6.21 Å². The number of amides is 1. The first-order valence-electron chi connectivity index (χ1n) is 5.87. The van der Waals surface area contributed by atoms with Crippen molar-refractivity contribution >= 4 is 42.3 Å². The van der Waals surface area contributed by atoms with Gasteiger partial charge in [0.15, 0.2) is 0 Å². The first-order valence-corrected chi connectivity index (χ1v) is 6.88. The minimum atomic E-state index is -1.13. The summed E-state index contributed by atoms with van der Waals surface area (Å²) in [5, 5.41) is 14.3. The van der Waals surface area contributed by atoms with E-state index >= 15 is 0 Å². The number of halogens is 1. The second-order valence-corrected chi connectivity index (χ2v) is 4.97. The quantitative estimate of drug-likeness (QED) is 0.480. The van der Waals surface area contributed by atoms with Gasteiger partial charge >= 0.3 is 5.97 Å². The van der Waals surface area contributed by atoms with E-state index in [-0.39, 0.29) is 5.91 Å². The third-order valence-corrected chi connectivity index (χ3v) is 3.25. The van der Waals surface area contributed by atoms with Crippen molar-refractivity contribution in [2.24, 2.45) is 11.0 Å². The van der Waals surface area contributed by atoms with Crippen LogP contribution in [0, 0.1) is 5.92 Å². The number of carbonyl (C=O) groups is 2. The maximum atomic E-state index is 12.0. The lowest BCUT2D eigenvalue weighted by atomic mass is 10.2. The number of carboxylic acid groups (broad SMARTS) is 1. The Morgan fingerprint density at radius 1 is 1.45 bits per heavy atom. The fraction of sp³-hybridized carbons (Fsp3) is 0.308. The molecule has 5 nitrogen and oxygen atoms in total. The molecule has 108 valence electrons. The highest BCUT2D eigenvalue weighted by atomic mass is 35.5. The van der Waals surface area contributed by atoms with Gasteiger partial charge in [0.1, 0.15) is 6.54 Å². The second-order valence-electron chi connectivity index (χ2n) is 4.17. The molecule has 0 spiro atoms. The van der Waals surface area contributed by atoms with Gasteiger partial charge in [0.2, 0.25) is 5.91 Å². The van der Waals surface area contributed by atoms with Crippen LogP contribution in [-0.4, -0.2) is 40.5 Å². The number of rotatable bonds is 6. The number of aliphatic carboxylic acids is 1. The summed E-state index contributed by atoms with van der Waals surface area (Å²) in [5.74, 6) is -1.59. The minimum absolute atomic E-state index is 0.325. The first kappa shape index (κ1) is 16.5. The van der Waals surface area contributed by atoms with Gasteiger partial charge in [0, 0.05) is 16.7 Å². The van der Waals surface area contributed by atoms with Crippen LogP contribution in [0.25, 0.3) is 0 Å². The summed E-state index contributed by atoms with van der Waals surface area (Å²) in [6.45, 7) is 1.18. The van der Waals surface area contributed by atoms with Crippen molar-refractivity contribution in [3.8, 4) is 0 Å². The summed E-state index contributed by atoms with van der Waals surface area (Å²) in [6.07, 6.45) is 1.42. The Bertz CT molecular complexity index is 505. The van der Waals surface area contributed by atoms with Crippen LogP contribution in [0.1, 0.15) is 12.5 Å². The van der Waals surface area contributed by atoms with Crippen molar-refractivity contribution < 1.29 is 14.7 Å². The van der Waals surface area contributed by atoms with Crippen molar-refractivity contribution in [1.82, 2.24) is 5.01 Å². The van der Waals surface area contributed by atoms with Crippen LogP contribution in [0.3, 0.4) is 0 Å². The lowest BCUT2D eigenvalue weighted by molar-refractivity contribution is -0.145. The van der Waals surface area contributed by atoms with Gasteiger partial charge in [-0.2, -0.15) is 17.7 Å². The van der Waals surface area contributed by atoms with E-state index in [2.05, 4.69) is 17.7 Å². The summed E-state index contributed by atoms with van der Waals surface area (Å²) in [4.78, 5) is 22.7. The SMILES string of the molecule is C[C@H](CS)C(=O)N(CC(=O)O)/N=C/c1ccc(Cl)cc1. The third kappa shape index (κ3) is 5.22. The highest BCUT2D eigenvalue weighted by Gasteiger charge is 2.20. The molecule has 7 heteroatoms. The number of nitrogens with zero attached hydrogens (tertiary/aromatic N) is 2. The molecule has 1 aromatic rings. The zero-order valence-corrected chi connectivity index (χ0v) is 12.5. The number of carboxylic acids is 1. The van der Waals surface area contributed by atoms with Gasteiger partial charge in [-0.25, -0.2) is 5.01 Å². The van der Waals surface area contributed by atoms with Gasteiger partial charge in [-0.1, -0.05) is 30.7 Å². The predicted molar refractivity (Wildman–Crippen MR) is 81.4 cm³/mol. The average molecular weight is 315 g/mol. The van der Waals surface area contributed by atoms with E-state index in [0.717, 1.165) is 10.6 Å². The molecule has 0 fully saturated rings. The first-order chi connectivity index (χ1) is 9.43. The molecule has 1 atom stereocenters. The maximum absolute atomic E-state index is 12.0. The smallest absolute Gasteiger partial charge is 0.325 e. The Morgan fingerprint density at radius 3 is 2.55 bits per heavy atom. The lowest BCUT2D eigenvalue weighted by Gasteiger charge is -2.18. The van der Waals surface area contributed by atoms with Crippen molar-refractivity contribution in [3.63, 3.8) is 0 Å². The topological polar surface area (TPSA) is 70.0 Å². The molecule has 0 aliphatic rings. The molecule has 1 rings (SSSR count). The number of carbonyl (C=O) groups excluding carboxylic acids is 1. The highest BCUT2D eigenvalue weighted by molar-refractivity contribution is 7.80. The van der Waals surface area contributed by atoms with Crippen LogP contribution in [0.15, 0.2) is 29.4 Å². The van der Waals surface area contributed by atoms with Crippen LogP contribution >= 0.6 is 24.2 Å². The molecule has 1 aromatic carbocycles. The molecule has 0 aliphatic carbocycles. The molecule has 0 unspecified atom stereocenters. The van der Waals surface area contributed by atoms with Crippen LogP contribution in [0.4, 0.5) is 0 Å². The van der Waals surface area contributed by atoms with Gasteiger partial charge < -0.3 is 5.11 Å². The van der Waals surface area contributed by atoms with Crippen molar-refractivity contribution in [2.75, 3.05) is 12.3 Å². The van der Waals surface area contributed by atoms with Crippen LogP contribution in [0.5, 0.6) is 0 Å². The Morgan fingerprint density at radius 2 is 2.05 bits per heavy atom. The van der Waals surface area contributed by atoms with Gasteiger partial charge in [0.25, 0.3) is 0 Å². The zero-order valence-electron chi connectivity index (χ0n) is 10.9.